The van der Waals surface area contributed by atoms with Crippen molar-refractivity contribution in [2.24, 2.45) is 0 Å². The van der Waals surface area contributed by atoms with Crippen LogP contribution in [-0.4, -0.2) is 49.2 Å². The van der Waals surface area contributed by atoms with Crippen LogP contribution in [0.2, 0.25) is 0 Å². The minimum atomic E-state index is 0.0205. The molecule has 1 aromatic rings. The van der Waals surface area contributed by atoms with Gasteiger partial charge in [0.2, 0.25) is 0 Å². The van der Waals surface area contributed by atoms with Gasteiger partial charge in [-0.1, -0.05) is 6.07 Å². The lowest BCUT2D eigenvalue weighted by Crippen LogP contribution is -2.38. The second kappa shape index (κ2) is 7.14. The fourth-order valence-electron chi connectivity index (χ4n) is 1.92. The van der Waals surface area contributed by atoms with E-state index in [0.29, 0.717) is 18.5 Å². The lowest BCUT2D eigenvalue weighted by molar-refractivity contribution is 0.0693. The van der Waals surface area contributed by atoms with Crippen molar-refractivity contribution in [3.05, 3.63) is 29.8 Å². The van der Waals surface area contributed by atoms with Crippen LogP contribution in [-0.2, 0) is 0 Å². The number of carbonyl (C=O) groups excluding carboxylic acids is 1. The predicted octanol–water partition coefficient (Wildman–Crippen LogP) is 1.99. The van der Waals surface area contributed by atoms with Crippen molar-refractivity contribution in [2.75, 3.05) is 32.1 Å². The molecule has 0 aliphatic rings. The average molecular weight is 264 g/mol. The van der Waals surface area contributed by atoms with Gasteiger partial charge in [-0.25, -0.2) is 0 Å². The van der Waals surface area contributed by atoms with Gasteiger partial charge < -0.3 is 14.9 Å². The van der Waals surface area contributed by atoms with Gasteiger partial charge in [-0.2, -0.15) is 0 Å². The van der Waals surface area contributed by atoms with Crippen LogP contribution in [0.1, 0.15) is 30.6 Å². The summed E-state index contributed by atoms with van der Waals surface area (Å²) in [6.07, 6.45) is 0.608. The lowest BCUT2D eigenvalue weighted by atomic mass is 10.1. The van der Waals surface area contributed by atoms with Gasteiger partial charge >= 0.3 is 0 Å². The molecule has 106 valence electrons. The van der Waals surface area contributed by atoms with Crippen molar-refractivity contribution < 1.29 is 9.90 Å². The van der Waals surface area contributed by atoms with E-state index in [1.165, 1.54) is 0 Å². The largest absolute Gasteiger partial charge is 0.396 e. The molecule has 0 saturated carbocycles. The lowest BCUT2D eigenvalue weighted by Gasteiger charge is -2.27. The molecular weight excluding hydrogens is 240 g/mol. The Morgan fingerprint density at radius 2 is 2.00 bits per heavy atom. The molecule has 0 aromatic heterocycles. The molecule has 0 aliphatic carbocycles. The van der Waals surface area contributed by atoms with Gasteiger partial charge in [0.15, 0.2) is 0 Å². The van der Waals surface area contributed by atoms with Gasteiger partial charge in [0.25, 0.3) is 5.91 Å². The van der Waals surface area contributed by atoms with Gasteiger partial charge in [-0.3, -0.25) is 4.79 Å². The molecule has 1 aromatic carbocycles. The first kappa shape index (κ1) is 15.5. The minimum absolute atomic E-state index is 0.0205. The van der Waals surface area contributed by atoms with Gasteiger partial charge in [0.05, 0.1) is 0 Å². The molecule has 0 fully saturated rings. The molecule has 0 radical (unpaired) electrons. The van der Waals surface area contributed by atoms with E-state index in [9.17, 15) is 4.79 Å². The van der Waals surface area contributed by atoms with Crippen molar-refractivity contribution in [1.82, 2.24) is 4.90 Å². The van der Waals surface area contributed by atoms with Crippen molar-refractivity contribution in [3.63, 3.8) is 0 Å². The number of hydrogen-bond donors (Lipinski definition) is 1. The third kappa shape index (κ3) is 4.24. The van der Waals surface area contributed by atoms with Crippen LogP contribution in [0.15, 0.2) is 24.3 Å². The zero-order valence-electron chi connectivity index (χ0n) is 12.3. The quantitative estimate of drug-likeness (QED) is 0.854. The molecule has 0 aliphatic heterocycles. The Bertz CT molecular complexity index is 416. The highest BCUT2D eigenvalue weighted by molar-refractivity contribution is 5.95. The van der Waals surface area contributed by atoms with Crippen LogP contribution >= 0.6 is 0 Å². The molecule has 0 bridgehead atoms. The molecule has 1 N–H and O–H groups in total. The summed E-state index contributed by atoms with van der Waals surface area (Å²) in [7, 11) is 3.91. The van der Waals surface area contributed by atoms with E-state index in [4.69, 9.17) is 5.11 Å². The molecule has 19 heavy (non-hydrogen) atoms. The van der Waals surface area contributed by atoms with Gasteiger partial charge in [-0.15, -0.1) is 0 Å². The van der Waals surface area contributed by atoms with Gasteiger partial charge in [0, 0.05) is 44.5 Å². The van der Waals surface area contributed by atoms with Crippen LogP contribution < -0.4 is 4.90 Å². The molecule has 4 nitrogen and oxygen atoms in total. The summed E-state index contributed by atoms with van der Waals surface area (Å²) in [5, 5.41) is 8.92. The summed E-state index contributed by atoms with van der Waals surface area (Å²) in [6, 6.07) is 7.74. The Balaban J connectivity index is 2.92. The van der Waals surface area contributed by atoms with Crippen molar-refractivity contribution >= 4 is 11.6 Å². The number of benzene rings is 1. The van der Waals surface area contributed by atoms with E-state index in [1.807, 2.05) is 57.1 Å². The molecule has 1 rings (SSSR count). The standard InChI is InChI=1S/C15H24N2O2/c1-12(2)17(9-6-10-18)15(19)13-7-5-8-14(11-13)16(3)4/h5,7-8,11-12,18H,6,9-10H2,1-4H3. The second-order valence-corrected chi connectivity index (χ2v) is 5.11. The maximum Gasteiger partial charge on any atom is 0.254 e. The van der Waals surface area contributed by atoms with Crippen LogP contribution in [0.4, 0.5) is 5.69 Å². The number of rotatable bonds is 6. The topological polar surface area (TPSA) is 43.8 Å². The summed E-state index contributed by atoms with van der Waals surface area (Å²) in [6.45, 7) is 4.67. The van der Waals surface area contributed by atoms with Crippen molar-refractivity contribution in [3.8, 4) is 0 Å². The van der Waals surface area contributed by atoms with E-state index in [1.54, 1.807) is 4.90 Å². The van der Waals surface area contributed by atoms with Crippen molar-refractivity contribution in [1.29, 1.82) is 0 Å². The second-order valence-electron chi connectivity index (χ2n) is 5.11. The molecule has 0 unspecified atom stereocenters. The van der Waals surface area contributed by atoms with E-state index < -0.39 is 0 Å². The molecular formula is C15H24N2O2. The number of aliphatic hydroxyl groups is 1. The zero-order chi connectivity index (χ0) is 14.4. The molecule has 0 saturated heterocycles. The Morgan fingerprint density at radius 3 is 2.53 bits per heavy atom. The number of carbonyl (C=O) groups is 1. The molecule has 4 heteroatoms. The highest BCUT2D eigenvalue weighted by Crippen LogP contribution is 2.16. The zero-order valence-corrected chi connectivity index (χ0v) is 12.3. The Hall–Kier alpha value is -1.55. The van der Waals surface area contributed by atoms with E-state index >= 15 is 0 Å². The Morgan fingerprint density at radius 1 is 1.32 bits per heavy atom. The number of anilines is 1. The first-order valence-corrected chi connectivity index (χ1v) is 6.66. The summed E-state index contributed by atoms with van der Waals surface area (Å²) in [4.78, 5) is 16.3. The monoisotopic (exact) mass is 264 g/mol. The van der Waals surface area contributed by atoms with Crippen LogP contribution in [0.3, 0.4) is 0 Å². The third-order valence-corrected chi connectivity index (χ3v) is 3.05. The van der Waals surface area contributed by atoms with E-state index in [2.05, 4.69) is 0 Å². The Kier molecular flexibility index (Phi) is 5.83. The molecule has 1 amide bonds. The highest BCUT2D eigenvalue weighted by atomic mass is 16.3. The number of nitrogens with zero attached hydrogens (tertiary/aromatic N) is 2. The summed E-state index contributed by atoms with van der Waals surface area (Å²) in [5.41, 5.74) is 1.70. The normalized spacial score (nSPS) is 10.6. The van der Waals surface area contributed by atoms with Gasteiger partial charge in [0.1, 0.15) is 0 Å². The SMILES string of the molecule is CC(C)N(CCCO)C(=O)c1cccc(N(C)C)c1. The van der Waals surface area contributed by atoms with E-state index in [-0.39, 0.29) is 18.6 Å². The molecule has 0 spiro atoms. The fraction of sp³-hybridized carbons (Fsp3) is 0.533. The minimum Gasteiger partial charge on any atom is -0.396 e. The molecule has 0 heterocycles. The average Bonchev–Trinajstić information content (AvgIpc) is 2.38. The maximum absolute atomic E-state index is 12.5. The first-order valence-electron chi connectivity index (χ1n) is 6.66. The highest BCUT2D eigenvalue weighted by Gasteiger charge is 2.18. The summed E-state index contributed by atoms with van der Waals surface area (Å²) in [5.74, 6) is 0.0205. The van der Waals surface area contributed by atoms with Crippen LogP contribution in [0.5, 0.6) is 0 Å². The van der Waals surface area contributed by atoms with Gasteiger partial charge in [-0.05, 0) is 38.5 Å². The number of aliphatic hydroxyl groups excluding tert-OH is 1. The maximum atomic E-state index is 12.5. The Labute approximate surface area is 115 Å². The summed E-state index contributed by atoms with van der Waals surface area (Å²) < 4.78 is 0. The third-order valence-electron chi connectivity index (χ3n) is 3.05. The molecule has 0 atom stereocenters. The fourth-order valence-corrected chi connectivity index (χ4v) is 1.92. The van der Waals surface area contributed by atoms with Crippen LogP contribution in [0.25, 0.3) is 0 Å². The first-order chi connectivity index (χ1) is 8.97. The van der Waals surface area contributed by atoms with Crippen LogP contribution in [0, 0.1) is 0 Å². The number of amides is 1. The number of hydrogen-bond acceptors (Lipinski definition) is 3. The summed E-state index contributed by atoms with van der Waals surface area (Å²) >= 11 is 0. The smallest absolute Gasteiger partial charge is 0.254 e. The van der Waals surface area contributed by atoms with E-state index in [0.717, 1.165) is 5.69 Å². The predicted molar refractivity (Wildman–Crippen MR) is 78.6 cm³/mol. The van der Waals surface area contributed by atoms with Crippen molar-refractivity contribution in [2.45, 2.75) is 26.3 Å².